The van der Waals surface area contributed by atoms with Crippen LogP contribution in [-0.4, -0.2) is 35.6 Å². The van der Waals surface area contributed by atoms with Crippen molar-refractivity contribution < 1.29 is 14.0 Å². The second-order valence-electron chi connectivity index (χ2n) is 6.03. The molecular weight excluding hydrogens is 260 g/mol. The Bertz CT molecular complexity index is 270. The predicted molar refractivity (Wildman–Crippen MR) is 82.3 cm³/mol. The zero-order valence-electron chi connectivity index (χ0n) is 12.5. The molecule has 0 saturated heterocycles. The Morgan fingerprint density at radius 2 is 2.00 bits per heavy atom. The summed E-state index contributed by atoms with van der Waals surface area (Å²) >= 11 is 0. The van der Waals surface area contributed by atoms with Crippen molar-refractivity contribution in [2.75, 3.05) is 6.61 Å². The van der Waals surface area contributed by atoms with E-state index in [1.807, 2.05) is 0 Å². The normalized spacial score (nSPS) is 12.9. The summed E-state index contributed by atoms with van der Waals surface area (Å²) in [6, 6.07) is 1.06. The van der Waals surface area contributed by atoms with Crippen molar-refractivity contribution in [1.29, 1.82) is 0 Å². The molecule has 0 bridgehead atoms. The molecule has 0 aliphatic heterocycles. The highest BCUT2D eigenvalue weighted by atomic mass is 28.3. The SMILES string of the molecule is C=CCC(=O)OCCC[SiH2]OC(C)(C)[Si](C)(C)C. The molecule has 0 aliphatic carbocycles. The lowest BCUT2D eigenvalue weighted by Crippen LogP contribution is -2.50. The summed E-state index contributed by atoms with van der Waals surface area (Å²) < 4.78 is 11.1. The topological polar surface area (TPSA) is 35.5 Å². The maximum atomic E-state index is 11.1. The van der Waals surface area contributed by atoms with Crippen LogP contribution in [0.2, 0.25) is 25.7 Å². The maximum absolute atomic E-state index is 11.1. The van der Waals surface area contributed by atoms with Gasteiger partial charge in [-0.3, -0.25) is 4.79 Å². The third-order valence-electron chi connectivity index (χ3n) is 3.38. The number of carbonyl (C=O) groups excluding carboxylic acids is 1. The summed E-state index contributed by atoms with van der Waals surface area (Å²) in [7, 11) is -1.77. The summed E-state index contributed by atoms with van der Waals surface area (Å²) in [6.45, 7) is 15.4. The third-order valence-corrected chi connectivity index (χ3v) is 9.14. The fraction of sp³-hybridized carbons (Fsp3) is 0.769. The van der Waals surface area contributed by atoms with Gasteiger partial charge in [-0.2, -0.15) is 0 Å². The number of hydrogen-bond donors (Lipinski definition) is 0. The average molecular weight is 289 g/mol. The zero-order chi connectivity index (χ0) is 14.2. The summed E-state index contributed by atoms with van der Waals surface area (Å²) in [6.07, 6.45) is 2.78. The number of esters is 1. The van der Waals surface area contributed by atoms with E-state index in [1.54, 1.807) is 6.08 Å². The van der Waals surface area contributed by atoms with Crippen LogP contribution in [0.25, 0.3) is 0 Å². The molecule has 0 aromatic carbocycles. The number of ether oxygens (including phenoxy) is 1. The van der Waals surface area contributed by atoms with Crippen LogP contribution in [0.4, 0.5) is 0 Å². The molecule has 0 atom stereocenters. The lowest BCUT2D eigenvalue weighted by Gasteiger charge is -2.37. The first-order valence-corrected chi connectivity index (χ1v) is 11.7. The van der Waals surface area contributed by atoms with Crippen LogP contribution in [0, 0.1) is 0 Å². The second kappa shape index (κ2) is 7.91. The molecule has 0 unspecified atom stereocenters. The average Bonchev–Trinajstić information content (AvgIpc) is 2.21. The van der Waals surface area contributed by atoms with Gasteiger partial charge in [-0.15, -0.1) is 6.58 Å². The Morgan fingerprint density at radius 1 is 1.39 bits per heavy atom. The first kappa shape index (κ1) is 17.6. The van der Waals surface area contributed by atoms with E-state index in [2.05, 4.69) is 40.1 Å². The van der Waals surface area contributed by atoms with E-state index in [-0.39, 0.29) is 11.2 Å². The van der Waals surface area contributed by atoms with Crippen LogP contribution < -0.4 is 0 Å². The molecule has 0 aliphatic rings. The van der Waals surface area contributed by atoms with Gasteiger partial charge >= 0.3 is 5.97 Å². The molecule has 0 fully saturated rings. The number of hydrogen-bond acceptors (Lipinski definition) is 3. The van der Waals surface area contributed by atoms with Crippen molar-refractivity contribution in [3.8, 4) is 0 Å². The molecule has 0 saturated carbocycles. The summed E-state index contributed by atoms with van der Waals surface area (Å²) in [5.74, 6) is -0.185. The molecule has 0 N–H and O–H groups in total. The molecule has 0 aromatic heterocycles. The van der Waals surface area contributed by atoms with Crippen LogP contribution in [0.15, 0.2) is 12.7 Å². The fourth-order valence-electron chi connectivity index (χ4n) is 1.11. The van der Waals surface area contributed by atoms with Crippen molar-refractivity contribution >= 4 is 23.8 Å². The van der Waals surface area contributed by atoms with E-state index in [4.69, 9.17) is 9.16 Å². The summed E-state index contributed by atoms with van der Waals surface area (Å²) in [5.41, 5.74) is 0. The Labute approximate surface area is 115 Å². The Kier molecular flexibility index (Phi) is 7.74. The molecular formula is C13H28O3Si2. The van der Waals surface area contributed by atoms with Gasteiger partial charge in [-0.1, -0.05) is 25.7 Å². The fourth-order valence-corrected chi connectivity index (χ4v) is 4.21. The lowest BCUT2D eigenvalue weighted by molar-refractivity contribution is -0.142. The van der Waals surface area contributed by atoms with Gasteiger partial charge in [0.05, 0.1) is 21.1 Å². The standard InChI is InChI=1S/C13H28O3Si2/c1-7-9-12(14)15-10-8-11-17-16-13(2,3)18(4,5)6/h7H,1,8-11,17H2,2-6H3. The highest BCUT2D eigenvalue weighted by Gasteiger charge is 2.34. The van der Waals surface area contributed by atoms with Gasteiger partial charge in [0.2, 0.25) is 0 Å². The Hall–Kier alpha value is -0.396. The molecule has 106 valence electrons. The highest BCUT2D eigenvalue weighted by molar-refractivity contribution is 6.79. The van der Waals surface area contributed by atoms with Crippen LogP contribution in [0.3, 0.4) is 0 Å². The quantitative estimate of drug-likeness (QED) is 0.283. The summed E-state index contributed by atoms with van der Waals surface area (Å²) in [4.78, 5) is 11.1. The predicted octanol–water partition coefficient (Wildman–Crippen LogP) is 2.67. The van der Waals surface area contributed by atoms with E-state index in [0.29, 0.717) is 13.0 Å². The molecule has 3 nitrogen and oxygen atoms in total. The van der Waals surface area contributed by atoms with Gasteiger partial charge < -0.3 is 9.16 Å². The van der Waals surface area contributed by atoms with E-state index in [0.717, 1.165) is 12.5 Å². The summed E-state index contributed by atoms with van der Waals surface area (Å²) in [5, 5.41) is 0.0543. The van der Waals surface area contributed by atoms with Crippen molar-refractivity contribution in [2.45, 2.75) is 57.6 Å². The first-order valence-electron chi connectivity index (χ1n) is 6.61. The molecule has 0 aromatic rings. The molecule has 5 heteroatoms. The lowest BCUT2D eigenvalue weighted by atomic mass is 10.4. The van der Waals surface area contributed by atoms with Gasteiger partial charge in [-0.05, 0) is 26.3 Å². The van der Waals surface area contributed by atoms with Gasteiger partial charge in [-0.25, -0.2) is 0 Å². The molecule has 0 heterocycles. The first-order chi connectivity index (χ1) is 8.20. The van der Waals surface area contributed by atoms with E-state index in [9.17, 15) is 4.79 Å². The monoisotopic (exact) mass is 288 g/mol. The van der Waals surface area contributed by atoms with Crippen molar-refractivity contribution in [3.05, 3.63) is 12.7 Å². The Balaban J connectivity index is 3.63. The van der Waals surface area contributed by atoms with Crippen molar-refractivity contribution in [3.63, 3.8) is 0 Å². The highest BCUT2D eigenvalue weighted by Crippen LogP contribution is 2.23. The van der Waals surface area contributed by atoms with E-state index >= 15 is 0 Å². The number of carbonyl (C=O) groups is 1. The molecule has 0 radical (unpaired) electrons. The minimum absolute atomic E-state index is 0.0543. The van der Waals surface area contributed by atoms with Crippen LogP contribution >= 0.6 is 0 Å². The van der Waals surface area contributed by atoms with Crippen molar-refractivity contribution in [1.82, 2.24) is 0 Å². The zero-order valence-corrected chi connectivity index (χ0v) is 15.0. The van der Waals surface area contributed by atoms with Gasteiger partial charge in [0, 0.05) is 5.22 Å². The molecule has 0 amide bonds. The second-order valence-corrected chi connectivity index (χ2v) is 13.1. The van der Waals surface area contributed by atoms with E-state index in [1.165, 1.54) is 0 Å². The van der Waals surface area contributed by atoms with Crippen LogP contribution in [0.1, 0.15) is 26.7 Å². The largest absolute Gasteiger partial charge is 0.465 e. The van der Waals surface area contributed by atoms with Gasteiger partial charge in [0.1, 0.15) is 0 Å². The minimum Gasteiger partial charge on any atom is -0.465 e. The Morgan fingerprint density at radius 3 is 2.50 bits per heavy atom. The molecule has 0 rings (SSSR count). The van der Waals surface area contributed by atoms with Gasteiger partial charge in [0.15, 0.2) is 9.76 Å². The van der Waals surface area contributed by atoms with E-state index < -0.39 is 17.8 Å². The minimum atomic E-state index is -1.27. The van der Waals surface area contributed by atoms with Crippen LogP contribution in [-0.2, 0) is 14.0 Å². The third kappa shape index (κ3) is 7.13. The molecule has 0 spiro atoms. The number of rotatable bonds is 9. The van der Waals surface area contributed by atoms with Crippen molar-refractivity contribution in [2.24, 2.45) is 0 Å². The molecule has 18 heavy (non-hydrogen) atoms. The van der Waals surface area contributed by atoms with Crippen LogP contribution in [0.5, 0.6) is 0 Å². The van der Waals surface area contributed by atoms with Gasteiger partial charge in [0.25, 0.3) is 0 Å². The maximum Gasteiger partial charge on any atom is 0.309 e. The smallest absolute Gasteiger partial charge is 0.309 e.